The van der Waals surface area contributed by atoms with Crippen LogP contribution in [-0.2, 0) is 12.8 Å². The molecule has 2 aromatic carbocycles. The summed E-state index contributed by atoms with van der Waals surface area (Å²) in [7, 11) is 0. The van der Waals surface area contributed by atoms with Crippen LogP contribution >= 0.6 is 12.4 Å². The smallest absolute Gasteiger partial charge is 0.254 e. The summed E-state index contributed by atoms with van der Waals surface area (Å²) in [5.74, 6) is 0.279. The zero-order valence-electron chi connectivity index (χ0n) is 17.2. The fourth-order valence-corrected chi connectivity index (χ4v) is 3.77. The molecular weight excluding hydrogens is 415 g/mol. The molecule has 7 heteroatoms. The van der Waals surface area contributed by atoms with Crippen LogP contribution in [0.3, 0.4) is 0 Å². The Balaban J connectivity index is 0.00000272. The fourth-order valence-electron chi connectivity index (χ4n) is 3.77. The summed E-state index contributed by atoms with van der Waals surface area (Å²) in [6, 6.07) is 16.6. The molecule has 0 saturated carbocycles. The fraction of sp³-hybridized carbons (Fsp3) is 0.292. The first-order valence-corrected chi connectivity index (χ1v) is 10.3. The molecule has 0 radical (unpaired) electrons. The van der Waals surface area contributed by atoms with Crippen LogP contribution in [-0.4, -0.2) is 35.5 Å². The molecule has 1 aliphatic rings. The van der Waals surface area contributed by atoms with E-state index >= 15 is 0 Å². The second-order valence-electron chi connectivity index (χ2n) is 7.61. The van der Waals surface area contributed by atoms with Gasteiger partial charge in [-0.15, -0.1) is 12.4 Å². The first-order valence-electron chi connectivity index (χ1n) is 10.3. The van der Waals surface area contributed by atoms with Crippen molar-refractivity contribution in [3.63, 3.8) is 0 Å². The third-order valence-corrected chi connectivity index (χ3v) is 5.37. The molecule has 4 rings (SSSR count). The monoisotopic (exact) mass is 440 g/mol. The maximum atomic E-state index is 14.2. The molecule has 162 valence electrons. The minimum atomic E-state index is -0.497. The van der Waals surface area contributed by atoms with Gasteiger partial charge in [-0.3, -0.25) is 4.79 Å². The standard InChI is InChI=1S/C24H25FN4O.ClH/c25-21-7-6-17(14-18-8-11-26-16-18)15-20(21)24(30)28-13-10-23-27-12-9-22(29-23)19-4-2-1-3-5-19;/h1-7,9,12,15,18,26H,8,10-11,13-14,16H2,(H,28,30);1H. The van der Waals surface area contributed by atoms with Crippen LogP contribution in [0.25, 0.3) is 11.3 Å². The van der Waals surface area contributed by atoms with Crippen LogP contribution in [0.15, 0.2) is 60.8 Å². The lowest BCUT2D eigenvalue weighted by atomic mass is 9.97. The molecule has 0 aliphatic carbocycles. The van der Waals surface area contributed by atoms with Gasteiger partial charge in [0.05, 0.1) is 11.3 Å². The molecule has 1 fully saturated rings. The van der Waals surface area contributed by atoms with Crippen molar-refractivity contribution in [2.24, 2.45) is 5.92 Å². The summed E-state index contributed by atoms with van der Waals surface area (Å²) < 4.78 is 14.2. The quantitative estimate of drug-likeness (QED) is 0.586. The van der Waals surface area contributed by atoms with Crippen molar-refractivity contribution in [3.8, 4) is 11.3 Å². The largest absolute Gasteiger partial charge is 0.351 e. The molecule has 1 saturated heterocycles. The maximum absolute atomic E-state index is 14.2. The zero-order valence-corrected chi connectivity index (χ0v) is 18.0. The Morgan fingerprint density at radius 3 is 2.77 bits per heavy atom. The second-order valence-corrected chi connectivity index (χ2v) is 7.61. The van der Waals surface area contributed by atoms with E-state index in [2.05, 4.69) is 20.6 Å². The Labute approximate surface area is 187 Å². The number of aromatic nitrogens is 2. The number of halogens is 2. The van der Waals surface area contributed by atoms with E-state index in [9.17, 15) is 9.18 Å². The SMILES string of the molecule is Cl.O=C(NCCc1nccc(-c2ccccc2)n1)c1cc(CC2CCNC2)ccc1F. The number of rotatable bonds is 7. The maximum Gasteiger partial charge on any atom is 0.254 e. The van der Waals surface area contributed by atoms with Gasteiger partial charge in [-0.25, -0.2) is 14.4 Å². The van der Waals surface area contributed by atoms with Crippen LogP contribution in [0.1, 0.15) is 28.2 Å². The third kappa shape index (κ3) is 6.09. The molecule has 2 heterocycles. The van der Waals surface area contributed by atoms with Crippen molar-refractivity contribution in [1.29, 1.82) is 0 Å². The van der Waals surface area contributed by atoms with Gasteiger partial charge in [-0.05, 0) is 55.6 Å². The van der Waals surface area contributed by atoms with Crippen molar-refractivity contribution in [1.82, 2.24) is 20.6 Å². The zero-order chi connectivity index (χ0) is 20.8. The number of hydrogen-bond donors (Lipinski definition) is 2. The van der Waals surface area contributed by atoms with Gasteiger partial charge in [0.1, 0.15) is 11.6 Å². The van der Waals surface area contributed by atoms with Gasteiger partial charge in [0.2, 0.25) is 0 Å². The van der Waals surface area contributed by atoms with Crippen LogP contribution < -0.4 is 10.6 Å². The van der Waals surface area contributed by atoms with E-state index in [-0.39, 0.29) is 18.0 Å². The van der Waals surface area contributed by atoms with Gasteiger partial charge in [-0.1, -0.05) is 36.4 Å². The van der Waals surface area contributed by atoms with Crippen molar-refractivity contribution in [3.05, 3.63) is 83.6 Å². The van der Waals surface area contributed by atoms with E-state index in [0.29, 0.717) is 24.7 Å². The number of nitrogens with one attached hydrogen (secondary N) is 2. The lowest BCUT2D eigenvalue weighted by Crippen LogP contribution is -2.27. The summed E-state index contributed by atoms with van der Waals surface area (Å²) in [6.45, 7) is 2.33. The van der Waals surface area contributed by atoms with E-state index < -0.39 is 11.7 Å². The molecule has 2 N–H and O–H groups in total. The van der Waals surface area contributed by atoms with Crippen LogP contribution in [0, 0.1) is 11.7 Å². The molecule has 31 heavy (non-hydrogen) atoms. The van der Waals surface area contributed by atoms with Gasteiger partial charge >= 0.3 is 0 Å². The average molecular weight is 441 g/mol. The van der Waals surface area contributed by atoms with Gasteiger partial charge in [0, 0.05) is 24.7 Å². The van der Waals surface area contributed by atoms with E-state index in [1.54, 1.807) is 18.3 Å². The third-order valence-electron chi connectivity index (χ3n) is 5.37. The molecule has 3 aromatic rings. The highest BCUT2D eigenvalue weighted by atomic mass is 35.5. The highest BCUT2D eigenvalue weighted by Crippen LogP contribution is 2.18. The molecule has 1 aromatic heterocycles. The molecular formula is C24H26ClFN4O. The Morgan fingerprint density at radius 1 is 1.16 bits per heavy atom. The van der Waals surface area contributed by atoms with E-state index in [1.165, 1.54) is 6.07 Å². The molecule has 0 spiro atoms. The Bertz CT molecular complexity index is 1010. The van der Waals surface area contributed by atoms with Crippen LogP contribution in [0.4, 0.5) is 4.39 Å². The normalized spacial score (nSPS) is 15.3. The average Bonchev–Trinajstić information content (AvgIpc) is 3.29. The highest BCUT2D eigenvalue weighted by molar-refractivity contribution is 5.94. The number of carbonyl (C=O) groups excluding carboxylic acids is 1. The minimum absolute atomic E-state index is 0. The topological polar surface area (TPSA) is 66.9 Å². The highest BCUT2D eigenvalue weighted by Gasteiger charge is 2.17. The number of benzene rings is 2. The van der Waals surface area contributed by atoms with Crippen LogP contribution in [0.5, 0.6) is 0 Å². The summed E-state index contributed by atoms with van der Waals surface area (Å²) >= 11 is 0. The first kappa shape index (κ1) is 22.8. The number of hydrogen-bond acceptors (Lipinski definition) is 4. The van der Waals surface area contributed by atoms with Crippen molar-refractivity contribution in [2.75, 3.05) is 19.6 Å². The van der Waals surface area contributed by atoms with Gasteiger partial charge in [0.25, 0.3) is 5.91 Å². The molecule has 1 unspecified atom stereocenters. The molecule has 1 amide bonds. The van der Waals surface area contributed by atoms with Gasteiger partial charge < -0.3 is 10.6 Å². The van der Waals surface area contributed by atoms with Crippen LogP contribution in [0.2, 0.25) is 0 Å². The van der Waals surface area contributed by atoms with Gasteiger partial charge in [0.15, 0.2) is 0 Å². The lowest BCUT2D eigenvalue weighted by molar-refractivity contribution is 0.0950. The first-order chi connectivity index (χ1) is 14.7. The predicted octanol–water partition coefficient (Wildman–Crippen LogP) is 3.83. The number of carbonyl (C=O) groups is 1. The molecule has 0 bridgehead atoms. The summed E-state index contributed by atoms with van der Waals surface area (Å²) in [5, 5.41) is 6.13. The van der Waals surface area contributed by atoms with Crippen molar-refractivity contribution < 1.29 is 9.18 Å². The number of amides is 1. The van der Waals surface area contributed by atoms with Gasteiger partial charge in [-0.2, -0.15) is 0 Å². The molecule has 5 nitrogen and oxygen atoms in total. The lowest BCUT2D eigenvalue weighted by Gasteiger charge is -2.11. The van der Waals surface area contributed by atoms with Crippen molar-refractivity contribution >= 4 is 18.3 Å². The predicted molar refractivity (Wildman–Crippen MR) is 122 cm³/mol. The molecule has 1 atom stereocenters. The second kappa shape index (κ2) is 11.0. The molecule has 1 aliphatic heterocycles. The van der Waals surface area contributed by atoms with E-state index in [0.717, 1.165) is 42.8 Å². The summed E-state index contributed by atoms with van der Waals surface area (Å²) in [5.41, 5.74) is 2.94. The Hall–Kier alpha value is -2.83. The van der Waals surface area contributed by atoms with E-state index in [1.807, 2.05) is 36.4 Å². The Morgan fingerprint density at radius 2 is 2.00 bits per heavy atom. The Kier molecular flexibility index (Phi) is 8.09. The summed E-state index contributed by atoms with van der Waals surface area (Å²) in [6.07, 6.45) is 4.16. The number of nitrogens with zero attached hydrogens (tertiary/aromatic N) is 2. The summed E-state index contributed by atoms with van der Waals surface area (Å²) in [4.78, 5) is 21.4. The van der Waals surface area contributed by atoms with E-state index in [4.69, 9.17) is 0 Å². The minimum Gasteiger partial charge on any atom is -0.351 e. The van der Waals surface area contributed by atoms with Crippen molar-refractivity contribution in [2.45, 2.75) is 19.3 Å².